The number of thioether (sulfide) groups is 1. The molecule has 0 unspecified atom stereocenters. The summed E-state index contributed by atoms with van der Waals surface area (Å²) in [5.74, 6) is -0.604. The number of thiocarbonyl (C=S) groups is 1. The second-order valence-electron chi connectivity index (χ2n) is 5.13. The topological polar surface area (TPSA) is 91.8 Å². The van der Waals surface area contributed by atoms with Gasteiger partial charge in [-0.3, -0.25) is 20.0 Å². The first-order valence-electron chi connectivity index (χ1n) is 7.35. The maximum absolute atomic E-state index is 12.6. The minimum absolute atomic E-state index is 0.00168. The van der Waals surface area contributed by atoms with Gasteiger partial charge in [0.1, 0.15) is 0 Å². The van der Waals surface area contributed by atoms with Gasteiger partial charge in [0, 0.05) is 18.0 Å². The van der Waals surface area contributed by atoms with E-state index >= 15 is 0 Å². The average Bonchev–Trinajstić information content (AvgIpc) is 2.91. The Kier molecular flexibility index (Phi) is 5.19. The number of pyridine rings is 1. The van der Waals surface area contributed by atoms with Gasteiger partial charge in [0.15, 0.2) is 15.8 Å². The molecule has 0 bridgehead atoms. The van der Waals surface area contributed by atoms with E-state index in [1.54, 1.807) is 18.2 Å². The average molecular weight is 387 g/mol. The van der Waals surface area contributed by atoms with Crippen molar-refractivity contribution in [3.05, 3.63) is 58.8 Å². The lowest BCUT2D eigenvalue weighted by atomic mass is 10.2. The summed E-state index contributed by atoms with van der Waals surface area (Å²) in [6.45, 7) is 0. The van der Waals surface area contributed by atoms with Crippen LogP contribution in [0.5, 0.6) is 11.5 Å². The van der Waals surface area contributed by atoms with Gasteiger partial charge in [0.25, 0.3) is 11.8 Å². The maximum atomic E-state index is 12.6. The number of rotatable bonds is 4. The molecular formula is C17H13N3O4S2. The number of phenolic OH excluding ortho intramolecular Hbond substituents is 1. The number of amides is 2. The van der Waals surface area contributed by atoms with Crippen LogP contribution < -0.4 is 10.2 Å². The van der Waals surface area contributed by atoms with E-state index in [-0.39, 0.29) is 10.1 Å². The Bertz CT molecular complexity index is 915. The van der Waals surface area contributed by atoms with Crippen LogP contribution in [0.15, 0.2) is 47.6 Å². The molecule has 0 radical (unpaired) electrons. The fraction of sp³-hybridized carbons (Fsp3) is 0.0588. The fourth-order valence-electron chi connectivity index (χ4n) is 2.17. The molecule has 2 amide bonds. The number of nitrogens with one attached hydrogen (secondary N) is 1. The van der Waals surface area contributed by atoms with Crippen LogP contribution in [0.2, 0.25) is 0 Å². The highest BCUT2D eigenvalue weighted by atomic mass is 32.2. The first-order valence-corrected chi connectivity index (χ1v) is 8.58. The summed E-state index contributed by atoms with van der Waals surface area (Å²) in [5, 5.41) is 10.7. The van der Waals surface area contributed by atoms with E-state index in [4.69, 9.17) is 17.0 Å². The number of phenols is 1. The van der Waals surface area contributed by atoms with Gasteiger partial charge >= 0.3 is 0 Å². The number of hydrogen-bond donors (Lipinski definition) is 2. The number of ether oxygens (including phenoxy) is 1. The number of benzene rings is 1. The van der Waals surface area contributed by atoms with Crippen molar-refractivity contribution in [2.75, 3.05) is 7.11 Å². The second-order valence-corrected chi connectivity index (χ2v) is 6.80. The molecule has 0 atom stereocenters. The molecule has 1 saturated heterocycles. The molecule has 0 saturated carbocycles. The Morgan fingerprint density at radius 2 is 2.08 bits per heavy atom. The molecular weight excluding hydrogens is 374 g/mol. The van der Waals surface area contributed by atoms with E-state index in [0.717, 1.165) is 16.8 Å². The number of aromatic nitrogens is 1. The lowest BCUT2D eigenvalue weighted by molar-refractivity contribution is -0.123. The zero-order chi connectivity index (χ0) is 18.7. The molecule has 1 aliphatic heterocycles. The largest absolute Gasteiger partial charge is 0.504 e. The molecule has 1 aliphatic rings. The van der Waals surface area contributed by atoms with Crippen molar-refractivity contribution < 1.29 is 19.4 Å². The molecule has 132 valence electrons. The van der Waals surface area contributed by atoms with Gasteiger partial charge in [-0.05, 0) is 48.1 Å². The minimum Gasteiger partial charge on any atom is -0.504 e. The molecule has 1 aromatic heterocycles. The molecule has 1 fully saturated rings. The summed E-state index contributed by atoms with van der Waals surface area (Å²) < 4.78 is 5.27. The highest BCUT2D eigenvalue weighted by molar-refractivity contribution is 8.26. The van der Waals surface area contributed by atoms with E-state index in [9.17, 15) is 14.7 Å². The fourth-order valence-corrected chi connectivity index (χ4v) is 3.35. The second kappa shape index (κ2) is 7.54. The zero-order valence-electron chi connectivity index (χ0n) is 13.5. The van der Waals surface area contributed by atoms with Gasteiger partial charge in [-0.2, -0.15) is 5.01 Å². The molecule has 2 N–H and O–H groups in total. The Labute approximate surface area is 158 Å². The van der Waals surface area contributed by atoms with E-state index < -0.39 is 11.8 Å². The van der Waals surface area contributed by atoms with Crippen molar-refractivity contribution in [3.63, 3.8) is 0 Å². The number of nitrogens with zero attached hydrogens (tertiary/aromatic N) is 2. The van der Waals surface area contributed by atoms with Gasteiger partial charge in [-0.1, -0.05) is 17.8 Å². The minimum atomic E-state index is -0.462. The van der Waals surface area contributed by atoms with Crippen molar-refractivity contribution in [2.24, 2.45) is 0 Å². The normalized spacial score (nSPS) is 15.4. The number of carbonyl (C=O) groups excluding carboxylic acids is 2. The summed E-state index contributed by atoms with van der Waals surface area (Å²) in [5.41, 5.74) is 3.51. The molecule has 2 aromatic rings. The molecule has 0 aliphatic carbocycles. The van der Waals surface area contributed by atoms with Crippen molar-refractivity contribution >= 4 is 46.2 Å². The Balaban J connectivity index is 1.79. The molecule has 0 spiro atoms. The highest BCUT2D eigenvalue weighted by Gasteiger charge is 2.33. The van der Waals surface area contributed by atoms with E-state index in [1.807, 2.05) is 0 Å². The lowest BCUT2D eigenvalue weighted by Crippen LogP contribution is -2.44. The number of aromatic hydroxyl groups is 1. The van der Waals surface area contributed by atoms with Crippen LogP contribution in [0, 0.1) is 0 Å². The van der Waals surface area contributed by atoms with Crippen LogP contribution in [0.3, 0.4) is 0 Å². The zero-order valence-corrected chi connectivity index (χ0v) is 15.1. The monoisotopic (exact) mass is 387 g/mol. The van der Waals surface area contributed by atoms with Gasteiger partial charge in [-0.15, -0.1) is 0 Å². The predicted octanol–water partition coefficient (Wildman–Crippen LogP) is 2.34. The molecule has 3 rings (SSSR count). The van der Waals surface area contributed by atoms with Crippen LogP contribution in [0.1, 0.15) is 15.9 Å². The van der Waals surface area contributed by atoms with Crippen molar-refractivity contribution in [2.45, 2.75) is 0 Å². The number of methoxy groups -OCH3 is 1. The summed E-state index contributed by atoms with van der Waals surface area (Å²) in [6, 6.07) is 7.77. The van der Waals surface area contributed by atoms with E-state index in [1.165, 1.54) is 37.7 Å². The Morgan fingerprint density at radius 3 is 2.77 bits per heavy atom. The van der Waals surface area contributed by atoms with Gasteiger partial charge in [0.2, 0.25) is 0 Å². The van der Waals surface area contributed by atoms with Crippen LogP contribution in [-0.4, -0.2) is 38.3 Å². The Hall–Kier alpha value is -2.91. The third kappa shape index (κ3) is 3.68. The molecule has 9 heteroatoms. The smallest absolute Gasteiger partial charge is 0.285 e. The number of carbonyl (C=O) groups is 2. The van der Waals surface area contributed by atoms with E-state index in [0.29, 0.717) is 21.8 Å². The SMILES string of the molecule is COc1cc(/C=C2/SC(=S)N(NC(=O)c3ccncc3)C2=O)ccc1O. The highest BCUT2D eigenvalue weighted by Crippen LogP contribution is 2.33. The van der Waals surface area contributed by atoms with Crippen molar-refractivity contribution in [1.82, 2.24) is 15.4 Å². The quantitative estimate of drug-likeness (QED) is 0.614. The van der Waals surface area contributed by atoms with Crippen molar-refractivity contribution in [1.29, 1.82) is 0 Å². The maximum Gasteiger partial charge on any atom is 0.285 e. The van der Waals surface area contributed by atoms with Crippen molar-refractivity contribution in [3.8, 4) is 11.5 Å². The summed E-state index contributed by atoms with van der Waals surface area (Å²) in [7, 11) is 1.44. The summed E-state index contributed by atoms with van der Waals surface area (Å²) in [4.78, 5) is 28.9. The van der Waals surface area contributed by atoms with Gasteiger partial charge < -0.3 is 9.84 Å². The predicted molar refractivity (Wildman–Crippen MR) is 101 cm³/mol. The molecule has 26 heavy (non-hydrogen) atoms. The van der Waals surface area contributed by atoms with Crippen LogP contribution in [0.4, 0.5) is 0 Å². The van der Waals surface area contributed by atoms with Crippen LogP contribution in [0.25, 0.3) is 6.08 Å². The summed E-state index contributed by atoms with van der Waals surface area (Å²) in [6.07, 6.45) is 4.58. The number of hydrogen-bond acceptors (Lipinski definition) is 7. The third-order valence-electron chi connectivity index (χ3n) is 3.45. The standard InChI is InChI=1S/C17H13N3O4S2/c1-24-13-8-10(2-3-12(13)21)9-14-16(23)20(17(25)26-14)19-15(22)11-4-6-18-7-5-11/h2-9,21H,1H3,(H,19,22)/b14-9+. The lowest BCUT2D eigenvalue weighted by Gasteiger charge is -2.15. The van der Waals surface area contributed by atoms with Crippen LogP contribution in [-0.2, 0) is 4.79 Å². The van der Waals surface area contributed by atoms with Gasteiger partial charge in [0.05, 0.1) is 12.0 Å². The third-order valence-corrected chi connectivity index (χ3v) is 4.75. The Morgan fingerprint density at radius 1 is 1.35 bits per heavy atom. The number of hydrazine groups is 1. The first-order chi connectivity index (χ1) is 12.5. The molecule has 7 nitrogen and oxygen atoms in total. The molecule has 2 heterocycles. The summed E-state index contributed by atoms with van der Waals surface area (Å²) >= 11 is 6.25. The first kappa shape index (κ1) is 17.9. The van der Waals surface area contributed by atoms with Crippen LogP contribution >= 0.6 is 24.0 Å². The van der Waals surface area contributed by atoms with E-state index in [2.05, 4.69) is 10.4 Å². The molecule has 1 aromatic carbocycles. The van der Waals surface area contributed by atoms with Gasteiger partial charge in [-0.25, -0.2) is 0 Å².